The van der Waals surface area contributed by atoms with Gasteiger partial charge in [-0.2, -0.15) is 22.6 Å². The highest BCUT2D eigenvalue weighted by Crippen LogP contribution is 2.71. The number of benzene rings is 1. The fraction of sp³-hybridized carbons (Fsp3) is 0.480. The Morgan fingerprint density at radius 3 is 2.37 bits per heavy atom. The van der Waals surface area contributed by atoms with Gasteiger partial charge in [0.15, 0.2) is 10.8 Å². The van der Waals surface area contributed by atoms with Crippen LogP contribution in [0.15, 0.2) is 36.5 Å². The van der Waals surface area contributed by atoms with Crippen LogP contribution in [0.3, 0.4) is 0 Å². The average molecular weight is 619 g/mol. The van der Waals surface area contributed by atoms with Crippen LogP contribution in [0, 0.1) is 5.41 Å². The van der Waals surface area contributed by atoms with E-state index in [2.05, 4.69) is 15.4 Å². The summed E-state index contributed by atoms with van der Waals surface area (Å²) in [5.41, 5.74) is -3.79. The van der Waals surface area contributed by atoms with E-state index in [9.17, 15) is 26.4 Å². The van der Waals surface area contributed by atoms with Crippen molar-refractivity contribution in [2.75, 3.05) is 30.8 Å². The summed E-state index contributed by atoms with van der Waals surface area (Å²) in [5, 5.41) is 6.51. The molecular weight excluding hydrogens is 595 g/mol. The molecular formula is C25H24ClF5N6O3S. The van der Waals surface area contributed by atoms with Gasteiger partial charge in [0.1, 0.15) is 10.8 Å². The smallest absolute Gasteiger partial charge is 0.350 e. The Balaban J connectivity index is 1.26. The van der Waals surface area contributed by atoms with Crippen molar-refractivity contribution >= 4 is 44.6 Å². The third kappa shape index (κ3) is 3.95. The second-order valence-electron chi connectivity index (χ2n) is 11.2. The number of nitrogens with one attached hydrogen (secondary N) is 1. The summed E-state index contributed by atoms with van der Waals surface area (Å²) in [7, 11) is -3.43. The minimum atomic E-state index is -4.66. The van der Waals surface area contributed by atoms with E-state index in [1.165, 1.54) is 41.4 Å². The van der Waals surface area contributed by atoms with Crippen LogP contribution in [0.2, 0.25) is 5.15 Å². The number of anilines is 2. The van der Waals surface area contributed by atoms with Gasteiger partial charge >= 0.3 is 6.18 Å². The summed E-state index contributed by atoms with van der Waals surface area (Å²) < 4.78 is 98.6. The third-order valence-electron chi connectivity index (χ3n) is 8.56. The first kappa shape index (κ1) is 28.1. The Labute approximate surface area is 236 Å². The first-order chi connectivity index (χ1) is 18.9. The van der Waals surface area contributed by atoms with E-state index in [4.69, 9.17) is 11.6 Å². The van der Waals surface area contributed by atoms with Crippen molar-refractivity contribution in [3.8, 4) is 0 Å². The van der Waals surface area contributed by atoms with Crippen LogP contribution in [0.5, 0.6) is 0 Å². The molecule has 9 nitrogen and oxygen atoms in total. The maximum Gasteiger partial charge on any atom is 0.401 e. The SMILES string of the molecule is C[C@@]1(C(F)(F)F)CN(c2ccc([C@H]3C(F)(F)[C@]3(C)C(=O)NC3CN(S(C)(=O)=O)C3)cc2)c2cnc3cc(Cl)nn3c21. The van der Waals surface area contributed by atoms with Crippen LogP contribution in [0.25, 0.3) is 5.65 Å². The maximum absolute atomic E-state index is 15.1. The molecule has 1 saturated carbocycles. The standard InChI is InChI=1S/C25H24ClF5N6O3S/c1-22(25(29,30)31)12-36(16-9-32-18-8-17(26)34-37(18)20(16)22)15-6-4-13(5-7-15)19-23(2,24(19,27)28)21(38)33-14-10-35(11-14)41(3,39)40/h4-9,14,19H,10-12H2,1-3H3,(H,33,38)/t19-,22-,23+/m1/s1. The van der Waals surface area contributed by atoms with E-state index < -0.39 is 57.4 Å². The minimum absolute atomic E-state index is 0.00560. The predicted molar refractivity (Wildman–Crippen MR) is 139 cm³/mol. The molecule has 0 bridgehead atoms. The zero-order chi connectivity index (χ0) is 29.9. The van der Waals surface area contributed by atoms with E-state index in [0.29, 0.717) is 5.69 Å². The molecule has 3 aliphatic rings. The molecule has 1 N–H and O–H groups in total. The molecule has 6 rings (SSSR count). The van der Waals surface area contributed by atoms with Gasteiger partial charge in [-0.25, -0.2) is 26.7 Å². The number of sulfonamides is 1. The molecule has 4 heterocycles. The second kappa shape index (κ2) is 8.51. The quantitative estimate of drug-likeness (QED) is 0.436. The van der Waals surface area contributed by atoms with Gasteiger partial charge in [-0.05, 0) is 31.5 Å². The molecule has 2 aromatic heterocycles. The molecule has 2 fully saturated rings. The molecule has 1 amide bonds. The number of alkyl halides is 5. The van der Waals surface area contributed by atoms with Crippen LogP contribution < -0.4 is 10.2 Å². The molecule has 220 valence electrons. The van der Waals surface area contributed by atoms with E-state index in [-0.39, 0.29) is 40.8 Å². The highest BCUT2D eigenvalue weighted by Gasteiger charge is 2.82. The summed E-state index contributed by atoms with van der Waals surface area (Å²) >= 11 is 5.95. The largest absolute Gasteiger partial charge is 0.401 e. The van der Waals surface area contributed by atoms with Crippen molar-refractivity contribution in [2.45, 2.75) is 43.3 Å². The van der Waals surface area contributed by atoms with Crippen molar-refractivity contribution in [3.05, 3.63) is 52.9 Å². The highest BCUT2D eigenvalue weighted by molar-refractivity contribution is 7.88. The number of halogens is 6. The molecule has 0 radical (unpaired) electrons. The lowest BCUT2D eigenvalue weighted by atomic mass is 9.87. The Hall–Kier alpha value is -3.04. The Morgan fingerprint density at radius 1 is 1.15 bits per heavy atom. The Morgan fingerprint density at radius 2 is 1.78 bits per heavy atom. The second-order valence-corrected chi connectivity index (χ2v) is 13.6. The molecule has 2 aliphatic heterocycles. The predicted octanol–water partition coefficient (Wildman–Crippen LogP) is 3.85. The lowest BCUT2D eigenvalue weighted by Gasteiger charge is -2.38. The fourth-order valence-corrected chi connectivity index (χ4v) is 6.95. The molecule has 0 spiro atoms. The zero-order valence-corrected chi connectivity index (χ0v) is 23.4. The third-order valence-corrected chi connectivity index (χ3v) is 9.98. The molecule has 0 unspecified atom stereocenters. The Bertz CT molecular complexity index is 1690. The van der Waals surface area contributed by atoms with Crippen LogP contribution in [0.1, 0.15) is 31.0 Å². The normalized spacial score (nSPS) is 28.0. The van der Waals surface area contributed by atoms with E-state index in [1.54, 1.807) is 0 Å². The monoisotopic (exact) mass is 618 g/mol. The Kier molecular flexibility index (Phi) is 5.83. The number of rotatable bonds is 5. The van der Waals surface area contributed by atoms with E-state index >= 15 is 8.78 Å². The van der Waals surface area contributed by atoms with Gasteiger partial charge in [-0.3, -0.25) is 4.79 Å². The topological polar surface area (TPSA) is 99.9 Å². The first-order valence-corrected chi connectivity index (χ1v) is 14.7. The van der Waals surface area contributed by atoms with Gasteiger partial charge in [0.05, 0.1) is 35.8 Å². The lowest BCUT2D eigenvalue weighted by Crippen LogP contribution is -2.61. The number of aromatic nitrogens is 3. The van der Waals surface area contributed by atoms with Crippen LogP contribution in [-0.4, -0.2) is 77.3 Å². The van der Waals surface area contributed by atoms with Gasteiger partial charge in [0, 0.05) is 31.4 Å². The maximum atomic E-state index is 15.1. The van der Waals surface area contributed by atoms with Crippen molar-refractivity contribution in [1.29, 1.82) is 0 Å². The number of carbonyl (C=O) groups is 1. The molecule has 16 heteroatoms. The van der Waals surface area contributed by atoms with Crippen molar-refractivity contribution in [3.63, 3.8) is 0 Å². The number of hydrogen-bond acceptors (Lipinski definition) is 6. The van der Waals surface area contributed by atoms with Gasteiger partial charge in [0.2, 0.25) is 15.9 Å². The number of carbonyl (C=O) groups excluding carboxylic acids is 1. The van der Waals surface area contributed by atoms with Gasteiger partial charge in [-0.1, -0.05) is 23.7 Å². The van der Waals surface area contributed by atoms with Crippen molar-refractivity contribution in [2.24, 2.45) is 5.41 Å². The van der Waals surface area contributed by atoms with E-state index in [0.717, 1.165) is 28.9 Å². The summed E-state index contributed by atoms with van der Waals surface area (Å²) in [6, 6.07) is 6.40. The van der Waals surface area contributed by atoms with Gasteiger partial charge in [0.25, 0.3) is 5.92 Å². The first-order valence-electron chi connectivity index (χ1n) is 12.5. The number of nitrogens with zero attached hydrogens (tertiary/aromatic N) is 5. The molecule has 41 heavy (non-hydrogen) atoms. The van der Waals surface area contributed by atoms with Crippen molar-refractivity contribution < 1.29 is 35.2 Å². The number of fused-ring (bicyclic) bond motifs is 3. The summed E-state index contributed by atoms with van der Waals surface area (Å²) in [6.45, 7) is 1.71. The van der Waals surface area contributed by atoms with Crippen molar-refractivity contribution in [1.82, 2.24) is 24.2 Å². The molecule has 1 saturated heterocycles. The fourth-order valence-electron chi connectivity index (χ4n) is 5.88. The summed E-state index contributed by atoms with van der Waals surface area (Å²) in [5.74, 6) is -5.74. The number of hydrogen-bond donors (Lipinski definition) is 1. The number of amides is 1. The molecule has 1 aliphatic carbocycles. The summed E-state index contributed by atoms with van der Waals surface area (Å²) in [4.78, 5) is 18.5. The molecule has 1 aromatic carbocycles. The molecule has 3 atom stereocenters. The van der Waals surface area contributed by atoms with E-state index in [1.807, 2.05) is 0 Å². The van der Waals surface area contributed by atoms with Gasteiger partial charge < -0.3 is 10.2 Å². The summed E-state index contributed by atoms with van der Waals surface area (Å²) in [6.07, 6.45) is -2.34. The highest BCUT2D eigenvalue weighted by atomic mass is 35.5. The van der Waals surface area contributed by atoms with Crippen LogP contribution in [0.4, 0.5) is 33.3 Å². The lowest BCUT2D eigenvalue weighted by molar-refractivity contribution is -0.181. The molecule has 3 aromatic rings. The van der Waals surface area contributed by atoms with Crippen LogP contribution in [-0.2, 0) is 20.2 Å². The van der Waals surface area contributed by atoms with Crippen LogP contribution >= 0.6 is 11.6 Å². The minimum Gasteiger partial charge on any atom is -0.350 e. The average Bonchev–Trinajstić information content (AvgIpc) is 3.12. The van der Waals surface area contributed by atoms with Gasteiger partial charge in [-0.15, -0.1) is 0 Å². The zero-order valence-electron chi connectivity index (χ0n) is 21.9.